The molecule has 0 saturated heterocycles. The van der Waals surface area contributed by atoms with Crippen LogP contribution in [0.1, 0.15) is 37.9 Å². The van der Waals surface area contributed by atoms with Crippen LogP contribution in [0.3, 0.4) is 0 Å². The molecule has 0 fully saturated rings. The van der Waals surface area contributed by atoms with Crippen LogP contribution in [0, 0.1) is 0 Å². The minimum Gasteiger partial charge on any atom is -0.491 e. The SMILES string of the molecule is CC[C@H](C)Oc1cccc(-c2nnc(CCC(=O)NCc3ccccc3)c(=O)[nH]2)c1. The van der Waals surface area contributed by atoms with Gasteiger partial charge < -0.3 is 15.0 Å². The largest absolute Gasteiger partial charge is 0.491 e. The lowest BCUT2D eigenvalue weighted by molar-refractivity contribution is -0.121. The van der Waals surface area contributed by atoms with Crippen molar-refractivity contribution < 1.29 is 9.53 Å². The number of benzene rings is 2. The first-order valence-corrected chi connectivity index (χ1v) is 10.1. The standard InChI is InChI=1S/C23H26N4O3/c1-3-16(2)30-19-11-7-10-18(14-19)22-25-23(29)20(26-27-22)12-13-21(28)24-15-17-8-5-4-6-9-17/h4-11,14,16H,3,12-13,15H2,1-2H3,(H,24,28)(H,25,27,29)/t16-/m0/s1. The van der Waals surface area contributed by atoms with Crippen molar-refractivity contribution in [1.29, 1.82) is 0 Å². The Hall–Kier alpha value is -3.48. The average Bonchev–Trinajstić information content (AvgIpc) is 2.77. The summed E-state index contributed by atoms with van der Waals surface area (Å²) in [5.41, 5.74) is 1.63. The third-order valence-corrected chi connectivity index (χ3v) is 4.71. The molecule has 1 amide bonds. The van der Waals surface area contributed by atoms with Gasteiger partial charge in [-0.1, -0.05) is 49.4 Å². The summed E-state index contributed by atoms with van der Waals surface area (Å²) in [7, 11) is 0. The Morgan fingerprint density at radius 3 is 2.67 bits per heavy atom. The predicted molar refractivity (Wildman–Crippen MR) is 115 cm³/mol. The van der Waals surface area contributed by atoms with Crippen LogP contribution in [0.4, 0.5) is 0 Å². The number of nitrogens with zero attached hydrogens (tertiary/aromatic N) is 2. The lowest BCUT2D eigenvalue weighted by atomic mass is 10.2. The molecule has 0 aliphatic heterocycles. The van der Waals surface area contributed by atoms with E-state index in [4.69, 9.17) is 4.74 Å². The van der Waals surface area contributed by atoms with Gasteiger partial charge in [-0.2, -0.15) is 0 Å². The Kier molecular flexibility index (Phi) is 7.32. The normalized spacial score (nSPS) is 11.7. The van der Waals surface area contributed by atoms with Crippen molar-refractivity contribution in [3.05, 3.63) is 76.2 Å². The number of carbonyl (C=O) groups excluding carboxylic acids is 1. The highest BCUT2D eigenvalue weighted by molar-refractivity contribution is 5.76. The van der Waals surface area contributed by atoms with Crippen LogP contribution < -0.4 is 15.6 Å². The smallest absolute Gasteiger partial charge is 0.273 e. The number of aryl methyl sites for hydroxylation is 1. The first-order chi connectivity index (χ1) is 14.5. The Balaban J connectivity index is 1.59. The topological polar surface area (TPSA) is 97.0 Å². The minimum absolute atomic E-state index is 0.0980. The molecule has 7 heteroatoms. The maximum absolute atomic E-state index is 12.4. The molecule has 0 radical (unpaired) electrons. The maximum atomic E-state index is 12.4. The summed E-state index contributed by atoms with van der Waals surface area (Å²) in [6, 6.07) is 17.0. The molecule has 2 aromatic carbocycles. The molecule has 1 heterocycles. The number of aromatic nitrogens is 3. The third kappa shape index (κ3) is 6.01. The van der Waals surface area contributed by atoms with E-state index in [0.29, 0.717) is 23.7 Å². The number of ether oxygens (including phenoxy) is 1. The number of nitrogens with one attached hydrogen (secondary N) is 2. The summed E-state index contributed by atoms with van der Waals surface area (Å²) in [5, 5.41) is 11.0. The zero-order valence-electron chi connectivity index (χ0n) is 17.2. The number of hydrogen-bond donors (Lipinski definition) is 2. The molecule has 0 bridgehead atoms. The van der Waals surface area contributed by atoms with Crippen molar-refractivity contribution >= 4 is 5.91 Å². The van der Waals surface area contributed by atoms with Crippen molar-refractivity contribution in [3.63, 3.8) is 0 Å². The molecule has 30 heavy (non-hydrogen) atoms. The molecule has 1 aromatic heterocycles. The van der Waals surface area contributed by atoms with Crippen LogP contribution >= 0.6 is 0 Å². The van der Waals surface area contributed by atoms with E-state index in [0.717, 1.165) is 12.0 Å². The summed E-state index contributed by atoms with van der Waals surface area (Å²) in [5.74, 6) is 0.939. The first kappa shape index (κ1) is 21.2. The van der Waals surface area contributed by atoms with Gasteiger partial charge in [-0.3, -0.25) is 9.59 Å². The van der Waals surface area contributed by atoms with E-state index < -0.39 is 0 Å². The number of amides is 1. The van der Waals surface area contributed by atoms with Gasteiger partial charge in [-0.05, 0) is 31.0 Å². The molecule has 0 aliphatic carbocycles. The van der Waals surface area contributed by atoms with Gasteiger partial charge in [-0.25, -0.2) is 0 Å². The Bertz CT molecular complexity index is 1030. The van der Waals surface area contributed by atoms with E-state index in [-0.39, 0.29) is 36.1 Å². The first-order valence-electron chi connectivity index (χ1n) is 10.1. The molecule has 0 unspecified atom stereocenters. The van der Waals surface area contributed by atoms with E-state index in [9.17, 15) is 9.59 Å². The Morgan fingerprint density at radius 2 is 1.93 bits per heavy atom. The summed E-state index contributed by atoms with van der Waals surface area (Å²) in [6.45, 7) is 4.51. The highest BCUT2D eigenvalue weighted by Crippen LogP contribution is 2.21. The fourth-order valence-electron chi connectivity index (χ4n) is 2.80. The van der Waals surface area contributed by atoms with Gasteiger partial charge in [0.15, 0.2) is 5.82 Å². The van der Waals surface area contributed by atoms with Gasteiger partial charge in [0.1, 0.15) is 11.4 Å². The molecule has 3 aromatic rings. The minimum atomic E-state index is -0.343. The second-order valence-corrected chi connectivity index (χ2v) is 7.08. The number of rotatable bonds is 9. The van der Waals surface area contributed by atoms with Crippen LogP contribution in [-0.4, -0.2) is 27.2 Å². The molecular formula is C23H26N4O3. The molecule has 0 spiro atoms. The quantitative estimate of drug-likeness (QED) is 0.569. The van der Waals surface area contributed by atoms with E-state index in [1.165, 1.54) is 0 Å². The van der Waals surface area contributed by atoms with Crippen LogP contribution in [0.5, 0.6) is 5.75 Å². The summed E-state index contributed by atoms with van der Waals surface area (Å²) in [4.78, 5) is 27.2. The summed E-state index contributed by atoms with van der Waals surface area (Å²) in [6.07, 6.45) is 1.39. The van der Waals surface area contributed by atoms with Crippen LogP contribution in [0.2, 0.25) is 0 Å². The van der Waals surface area contributed by atoms with Gasteiger partial charge in [0.2, 0.25) is 5.91 Å². The van der Waals surface area contributed by atoms with Gasteiger partial charge >= 0.3 is 0 Å². The van der Waals surface area contributed by atoms with Crippen molar-refractivity contribution in [1.82, 2.24) is 20.5 Å². The Morgan fingerprint density at radius 1 is 1.13 bits per heavy atom. The summed E-state index contributed by atoms with van der Waals surface area (Å²) < 4.78 is 5.81. The van der Waals surface area contributed by atoms with Crippen molar-refractivity contribution in [2.24, 2.45) is 0 Å². The summed E-state index contributed by atoms with van der Waals surface area (Å²) >= 11 is 0. The van der Waals surface area contributed by atoms with E-state index >= 15 is 0 Å². The molecule has 2 N–H and O–H groups in total. The van der Waals surface area contributed by atoms with Crippen molar-refractivity contribution in [2.75, 3.05) is 0 Å². The van der Waals surface area contributed by atoms with E-state index in [1.54, 1.807) is 0 Å². The molecule has 0 saturated carbocycles. The zero-order valence-corrected chi connectivity index (χ0v) is 17.2. The molecule has 3 rings (SSSR count). The maximum Gasteiger partial charge on any atom is 0.273 e. The lowest BCUT2D eigenvalue weighted by Crippen LogP contribution is -2.25. The highest BCUT2D eigenvalue weighted by Gasteiger charge is 2.10. The third-order valence-electron chi connectivity index (χ3n) is 4.71. The average molecular weight is 406 g/mol. The van der Waals surface area contributed by atoms with E-state index in [2.05, 4.69) is 27.4 Å². The van der Waals surface area contributed by atoms with Crippen molar-refractivity contribution in [2.45, 2.75) is 45.8 Å². The molecule has 156 valence electrons. The number of carbonyl (C=O) groups is 1. The van der Waals surface area contributed by atoms with Gasteiger partial charge in [0.25, 0.3) is 5.56 Å². The predicted octanol–water partition coefficient (Wildman–Crippen LogP) is 3.26. The zero-order chi connectivity index (χ0) is 21.3. The lowest BCUT2D eigenvalue weighted by Gasteiger charge is -2.13. The molecular weight excluding hydrogens is 380 g/mol. The number of hydrogen-bond acceptors (Lipinski definition) is 5. The van der Waals surface area contributed by atoms with Crippen LogP contribution in [0.15, 0.2) is 59.4 Å². The van der Waals surface area contributed by atoms with Gasteiger partial charge in [0, 0.05) is 24.9 Å². The Labute approximate surface area is 175 Å². The van der Waals surface area contributed by atoms with E-state index in [1.807, 2.05) is 61.5 Å². The molecule has 7 nitrogen and oxygen atoms in total. The molecule has 1 atom stereocenters. The van der Waals surface area contributed by atoms with Gasteiger partial charge in [-0.15, -0.1) is 10.2 Å². The second kappa shape index (κ2) is 10.3. The fraction of sp³-hybridized carbons (Fsp3) is 0.304. The number of aromatic amines is 1. The van der Waals surface area contributed by atoms with Gasteiger partial charge in [0.05, 0.1) is 6.10 Å². The van der Waals surface area contributed by atoms with Crippen LogP contribution in [0.25, 0.3) is 11.4 Å². The number of H-pyrrole nitrogens is 1. The second-order valence-electron chi connectivity index (χ2n) is 7.08. The highest BCUT2D eigenvalue weighted by atomic mass is 16.5. The molecule has 0 aliphatic rings. The monoisotopic (exact) mass is 406 g/mol. The fourth-order valence-corrected chi connectivity index (χ4v) is 2.80. The van der Waals surface area contributed by atoms with Crippen LogP contribution in [-0.2, 0) is 17.8 Å². The van der Waals surface area contributed by atoms with Crippen molar-refractivity contribution in [3.8, 4) is 17.1 Å².